The smallest absolute Gasteiger partial charge is 0.208 e. The summed E-state index contributed by atoms with van der Waals surface area (Å²) in [6.07, 6.45) is 3.27. The van der Waals surface area contributed by atoms with Crippen LogP contribution in [0.1, 0.15) is 5.56 Å². The van der Waals surface area contributed by atoms with Gasteiger partial charge < -0.3 is 4.98 Å². The fraction of sp³-hybridized carbons (Fsp3) is 0. The van der Waals surface area contributed by atoms with Gasteiger partial charge in [0.2, 0.25) is 9.84 Å². The minimum absolute atomic E-state index is 0.300. The molecule has 100 valence electrons. The molecule has 0 bridgehead atoms. The average Bonchev–Trinajstić information content (AvgIpc) is 2.91. The van der Waals surface area contributed by atoms with Crippen LogP contribution in [0.2, 0.25) is 0 Å². The predicted octanol–water partition coefficient (Wildman–Crippen LogP) is 3.64. The Morgan fingerprint density at radius 2 is 1.80 bits per heavy atom. The molecule has 0 spiro atoms. The maximum absolute atomic E-state index is 12.6. The van der Waals surface area contributed by atoms with Crippen molar-refractivity contribution in [1.29, 1.82) is 0 Å². The van der Waals surface area contributed by atoms with E-state index in [1.165, 1.54) is 0 Å². The van der Waals surface area contributed by atoms with Crippen molar-refractivity contribution in [2.24, 2.45) is 0 Å². The molecule has 0 aliphatic heterocycles. The quantitative estimate of drug-likeness (QED) is 0.797. The second-order valence-electron chi connectivity index (χ2n) is 4.48. The first-order chi connectivity index (χ1) is 9.63. The zero-order valence-electron chi connectivity index (χ0n) is 10.7. The molecule has 20 heavy (non-hydrogen) atoms. The van der Waals surface area contributed by atoms with Crippen LogP contribution in [0.3, 0.4) is 0 Å². The number of hydrogen-bond donors (Lipinski definition) is 1. The van der Waals surface area contributed by atoms with E-state index in [2.05, 4.69) is 11.6 Å². The molecule has 1 aromatic heterocycles. The second kappa shape index (κ2) is 4.65. The number of rotatable bonds is 3. The lowest BCUT2D eigenvalue weighted by Gasteiger charge is -2.03. The molecule has 3 rings (SSSR count). The molecular formula is C16H13NO2S. The maximum Gasteiger partial charge on any atom is 0.208 e. The minimum atomic E-state index is -3.50. The van der Waals surface area contributed by atoms with Crippen molar-refractivity contribution >= 4 is 26.8 Å². The Morgan fingerprint density at radius 3 is 2.50 bits per heavy atom. The van der Waals surface area contributed by atoms with Gasteiger partial charge in [-0.1, -0.05) is 43.0 Å². The molecule has 0 atom stereocenters. The van der Waals surface area contributed by atoms with E-state index in [1.807, 2.05) is 12.1 Å². The summed E-state index contributed by atoms with van der Waals surface area (Å²) in [4.78, 5) is 3.61. The van der Waals surface area contributed by atoms with Crippen LogP contribution in [0, 0.1) is 0 Å². The lowest BCUT2D eigenvalue weighted by atomic mass is 10.2. The minimum Gasteiger partial charge on any atom is -0.360 e. The van der Waals surface area contributed by atoms with Crippen LogP contribution < -0.4 is 0 Å². The van der Waals surface area contributed by atoms with Crippen molar-refractivity contribution in [2.75, 3.05) is 0 Å². The topological polar surface area (TPSA) is 49.9 Å². The summed E-state index contributed by atoms with van der Waals surface area (Å²) in [6.45, 7) is 3.71. The van der Waals surface area contributed by atoms with Crippen LogP contribution in [0.5, 0.6) is 0 Å². The van der Waals surface area contributed by atoms with Gasteiger partial charge in [-0.15, -0.1) is 0 Å². The monoisotopic (exact) mass is 283 g/mol. The van der Waals surface area contributed by atoms with Gasteiger partial charge in [-0.3, -0.25) is 0 Å². The standard InChI is InChI=1S/C16H13NO2S/c1-2-12-8-9-14-15(10-12)17-11-16(14)20(18,19)13-6-4-3-5-7-13/h2-11,17H,1H2. The second-order valence-corrected chi connectivity index (χ2v) is 6.40. The van der Waals surface area contributed by atoms with Gasteiger partial charge in [0.15, 0.2) is 0 Å². The number of sulfone groups is 1. The molecule has 0 saturated heterocycles. The number of aromatic nitrogens is 1. The van der Waals surface area contributed by atoms with Crippen molar-refractivity contribution < 1.29 is 8.42 Å². The third-order valence-corrected chi connectivity index (χ3v) is 5.06. The fourth-order valence-corrected chi connectivity index (χ4v) is 3.64. The molecule has 0 unspecified atom stereocenters. The highest BCUT2D eigenvalue weighted by molar-refractivity contribution is 7.91. The molecule has 0 fully saturated rings. The molecule has 1 N–H and O–H groups in total. The van der Waals surface area contributed by atoms with Gasteiger partial charge in [-0.05, 0) is 23.8 Å². The van der Waals surface area contributed by atoms with Crippen molar-refractivity contribution in [3.63, 3.8) is 0 Å². The summed E-state index contributed by atoms with van der Waals surface area (Å²) in [6, 6.07) is 14.0. The van der Waals surface area contributed by atoms with Crippen LogP contribution in [-0.4, -0.2) is 13.4 Å². The fourth-order valence-electron chi connectivity index (χ4n) is 2.19. The van der Waals surface area contributed by atoms with Crippen LogP contribution >= 0.6 is 0 Å². The van der Waals surface area contributed by atoms with E-state index in [4.69, 9.17) is 0 Å². The molecule has 0 aliphatic carbocycles. The molecule has 0 saturated carbocycles. The molecular weight excluding hydrogens is 270 g/mol. The zero-order chi connectivity index (χ0) is 14.2. The summed E-state index contributed by atoms with van der Waals surface area (Å²) in [7, 11) is -3.50. The Bertz CT molecular complexity index is 877. The van der Waals surface area contributed by atoms with Crippen LogP contribution in [0.15, 0.2) is 71.1 Å². The van der Waals surface area contributed by atoms with Crippen molar-refractivity contribution in [3.05, 3.63) is 66.9 Å². The van der Waals surface area contributed by atoms with Crippen molar-refractivity contribution in [1.82, 2.24) is 4.98 Å². The molecule has 0 aliphatic rings. The Kier molecular flexibility index (Phi) is 2.95. The number of hydrogen-bond acceptors (Lipinski definition) is 2. The molecule has 0 amide bonds. The normalized spacial score (nSPS) is 11.6. The van der Waals surface area contributed by atoms with E-state index in [0.717, 1.165) is 11.1 Å². The average molecular weight is 283 g/mol. The summed E-state index contributed by atoms with van der Waals surface area (Å²) >= 11 is 0. The van der Waals surface area contributed by atoms with Crippen LogP contribution in [0.4, 0.5) is 0 Å². The molecule has 3 aromatic rings. The zero-order valence-corrected chi connectivity index (χ0v) is 11.5. The number of H-pyrrole nitrogens is 1. The lowest BCUT2D eigenvalue weighted by Crippen LogP contribution is -2.00. The van der Waals surface area contributed by atoms with Crippen LogP contribution in [-0.2, 0) is 9.84 Å². The third-order valence-electron chi connectivity index (χ3n) is 3.25. The van der Waals surface area contributed by atoms with Gasteiger partial charge in [0, 0.05) is 17.1 Å². The van der Waals surface area contributed by atoms with Gasteiger partial charge in [-0.25, -0.2) is 8.42 Å². The van der Waals surface area contributed by atoms with Gasteiger partial charge in [0.05, 0.1) is 9.79 Å². The molecule has 1 heterocycles. The Balaban J connectivity index is 2.23. The van der Waals surface area contributed by atoms with Crippen molar-refractivity contribution in [2.45, 2.75) is 9.79 Å². The summed E-state index contributed by atoms with van der Waals surface area (Å²) in [5, 5.41) is 0.694. The van der Waals surface area contributed by atoms with E-state index in [9.17, 15) is 8.42 Å². The third kappa shape index (κ3) is 1.94. The van der Waals surface area contributed by atoms with Crippen LogP contribution in [0.25, 0.3) is 17.0 Å². The highest BCUT2D eigenvalue weighted by Gasteiger charge is 2.21. The maximum atomic E-state index is 12.6. The predicted molar refractivity (Wildman–Crippen MR) is 80.3 cm³/mol. The highest BCUT2D eigenvalue weighted by Crippen LogP contribution is 2.28. The molecule has 0 radical (unpaired) electrons. The molecule has 4 heteroatoms. The van der Waals surface area contributed by atoms with Gasteiger partial charge in [-0.2, -0.15) is 0 Å². The van der Waals surface area contributed by atoms with E-state index in [1.54, 1.807) is 48.7 Å². The first-order valence-corrected chi connectivity index (χ1v) is 7.65. The lowest BCUT2D eigenvalue weighted by molar-refractivity contribution is 0.597. The number of aromatic amines is 1. The highest BCUT2D eigenvalue weighted by atomic mass is 32.2. The Hall–Kier alpha value is -2.33. The largest absolute Gasteiger partial charge is 0.360 e. The summed E-state index contributed by atoms with van der Waals surface area (Å²) in [5.41, 5.74) is 1.74. The SMILES string of the molecule is C=Cc1ccc2c(S(=O)(=O)c3ccccc3)c[nH]c2c1. The van der Waals surface area contributed by atoms with Gasteiger partial charge >= 0.3 is 0 Å². The first kappa shape index (κ1) is 12.7. The molecule has 2 aromatic carbocycles. The summed E-state index contributed by atoms with van der Waals surface area (Å²) in [5.74, 6) is 0. The van der Waals surface area contributed by atoms with E-state index < -0.39 is 9.84 Å². The first-order valence-electron chi connectivity index (χ1n) is 6.16. The number of fused-ring (bicyclic) bond motifs is 1. The van der Waals surface area contributed by atoms with E-state index in [-0.39, 0.29) is 0 Å². The van der Waals surface area contributed by atoms with Gasteiger partial charge in [0.1, 0.15) is 0 Å². The van der Waals surface area contributed by atoms with E-state index in [0.29, 0.717) is 15.2 Å². The molecule has 3 nitrogen and oxygen atoms in total. The van der Waals surface area contributed by atoms with E-state index >= 15 is 0 Å². The number of nitrogens with one attached hydrogen (secondary N) is 1. The van der Waals surface area contributed by atoms with Gasteiger partial charge in [0.25, 0.3) is 0 Å². The summed E-state index contributed by atoms with van der Waals surface area (Å²) < 4.78 is 25.2. The number of benzene rings is 2. The Labute approximate surface area is 117 Å². The Morgan fingerprint density at radius 1 is 1.05 bits per heavy atom. The van der Waals surface area contributed by atoms with Crippen molar-refractivity contribution in [3.8, 4) is 0 Å².